The molecule has 0 unspecified atom stereocenters. The van der Waals surface area contributed by atoms with Crippen LogP contribution in [0.1, 0.15) is 45.7 Å². The van der Waals surface area contributed by atoms with Crippen LogP contribution in [0.3, 0.4) is 0 Å². The van der Waals surface area contributed by atoms with E-state index in [0.29, 0.717) is 28.3 Å². The zero-order valence-corrected chi connectivity index (χ0v) is 19.4. The van der Waals surface area contributed by atoms with Crippen LogP contribution < -0.4 is 4.74 Å². The van der Waals surface area contributed by atoms with Gasteiger partial charge in [0.1, 0.15) is 17.1 Å². The van der Waals surface area contributed by atoms with Gasteiger partial charge >= 0.3 is 5.97 Å². The summed E-state index contributed by atoms with van der Waals surface area (Å²) in [6.45, 7) is 3.82. The summed E-state index contributed by atoms with van der Waals surface area (Å²) in [5.74, 6) is -1.61. The Hall–Kier alpha value is -3.57. The van der Waals surface area contributed by atoms with E-state index in [1.807, 2.05) is 38.1 Å². The van der Waals surface area contributed by atoms with E-state index < -0.39 is 5.97 Å². The molecule has 0 aliphatic carbocycles. The summed E-state index contributed by atoms with van der Waals surface area (Å²) < 4.78 is 5.40. The first-order valence-electron chi connectivity index (χ1n) is 10.4. The molecule has 3 rings (SSSR count). The van der Waals surface area contributed by atoms with Gasteiger partial charge in [-0.15, -0.1) is 0 Å². The molecule has 0 saturated carbocycles. The Morgan fingerprint density at radius 3 is 2.33 bits per heavy atom. The predicted molar refractivity (Wildman–Crippen MR) is 130 cm³/mol. The molecule has 0 amide bonds. The molecule has 0 spiro atoms. The van der Waals surface area contributed by atoms with Crippen LogP contribution in [-0.2, 0) is 12.8 Å². The quantitative estimate of drug-likeness (QED) is 0.299. The van der Waals surface area contributed by atoms with Gasteiger partial charge in [-0.3, -0.25) is 4.79 Å². The summed E-state index contributed by atoms with van der Waals surface area (Å²) >= 11 is 5.96. The van der Waals surface area contributed by atoms with Gasteiger partial charge in [0.05, 0.1) is 7.11 Å². The minimum absolute atomic E-state index is 0.194. The minimum Gasteiger partial charge on any atom is -0.507 e. The number of hydrogen-bond donors (Lipinski definition) is 2. The van der Waals surface area contributed by atoms with Crippen molar-refractivity contribution >= 4 is 23.4 Å². The van der Waals surface area contributed by atoms with Crippen LogP contribution in [0, 0.1) is 0 Å². The Morgan fingerprint density at radius 2 is 1.73 bits per heavy atom. The van der Waals surface area contributed by atoms with Crippen LogP contribution in [0.5, 0.6) is 11.5 Å². The van der Waals surface area contributed by atoms with E-state index in [0.717, 1.165) is 16.7 Å². The van der Waals surface area contributed by atoms with E-state index in [9.17, 15) is 19.8 Å². The number of benzene rings is 3. The molecule has 0 bridgehead atoms. The van der Waals surface area contributed by atoms with Crippen molar-refractivity contribution in [2.45, 2.75) is 26.7 Å². The average Bonchev–Trinajstić information content (AvgIpc) is 2.78. The van der Waals surface area contributed by atoms with Crippen molar-refractivity contribution in [1.29, 1.82) is 0 Å². The second-order valence-corrected chi connectivity index (χ2v) is 8.35. The lowest BCUT2D eigenvalue weighted by atomic mass is 9.93. The number of aromatic carboxylic acids is 1. The standard InChI is InChI=1S/C27H25ClO5/c1-16(2)7-12-22-24(33-3)15-20(25(26(22)30)27(31)32)14-23(29)19-6-4-5-18(13-19)17-8-10-21(28)11-9-17/h4-11,13,15,30H,12,14H2,1-3H3,(H,31,32). The van der Waals surface area contributed by atoms with E-state index in [1.54, 1.807) is 30.3 Å². The number of carbonyl (C=O) groups is 2. The second-order valence-electron chi connectivity index (χ2n) is 7.92. The van der Waals surface area contributed by atoms with E-state index in [4.69, 9.17) is 16.3 Å². The van der Waals surface area contributed by atoms with Gasteiger partial charge in [-0.1, -0.05) is 53.6 Å². The van der Waals surface area contributed by atoms with Crippen molar-refractivity contribution in [3.63, 3.8) is 0 Å². The number of Topliss-reactive ketones (excluding diaryl/α,β-unsaturated/α-hetero) is 1. The van der Waals surface area contributed by atoms with Gasteiger partial charge in [0.25, 0.3) is 0 Å². The summed E-state index contributed by atoms with van der Waals surface area (Å²) in [5, 5.41) is 21.1. The number of aromatic hydroxyl groups is 1. The number of rotatable bonds is 8. The number of ether oxygens (including phenoxy) is 1. The Bertz CT molecular complexity index is 1220. The highest BCUT2D eigenvalue weighted by molar-refractivity contribution is 6.30. The largest absolute Gasteiger partial charge is 0.507 e. The number of carboxylic acids is 1. The lowest BCUT2D eigenvalue weighted by Gasteiger charge is -2.16. The third-order valence-corrected chi connectivity index (χ3v) is 5.56. The number of methoxy groups -OCH3 is 1. The van der Waals surface area contributed by atoms with Crippen molar-refractivity contribution in [2.24, 2.45) is 0 Å². The summed E-state index contributed by atoms with van der Waals surface area (Å²) in [7, 11) is 1.45. The van der Waals surface area contributed by atoms with Crippen LogP contribution in [0.2, 0.25) is 5.02 Å². The number of hydrogen-bond acceptors (Lipinski definition) is 4. The van der Waals surface area contributed by atoms with Gasteiger partial charge in [-0.25, -0.2) is 4.79 Å². The lowest BCUT2D eigenvalue weighted by molar-refractivity contribution is 0.0692. The smallest absolute Gasteiger partial charge is 0.339 e. The molecule has 0 aliphatic rings. The van der Waals surface area contributed by atoms with E-state index >= 15 is 0 Å². The van der Waals surface area contributed by atoms with Gasteiger partial charge in [0, 0.05) is 22.6 Å². The number of carbonyl (C=O) groups excluding carboxylic acids is 1. The Morgan fingerprint density at radius 1 is 1.03 bits per heavy atom. The van der Waals surface area contributed by atoms with Gasteiger partial charge < -0.3 is 14.9 Å². The average molecular weight is 465 g/mol. The zero-order valence-electron chi connectivity index (χ0n) is 18.7. The maximum Gasteiger partial charge on any atom is 0.339 e. The van der Waals surface area contributed by atoms with Crippen molar-refractivity contribution < 1.29 is 24.5 Å². The van der Waals surface area contributed by atoms with Gasteiger partial charge in [-0.05, 0) is 61.2 Å². The first-order chi connectivity index (χ1) is 15.7. The Labute approximate surface area is 197 Å². The number of carboxylic acid groups (broad SMARTS) is 1. The summed E-state index contributed by atoms with van der Waals surface area (Å²) in [4.78, 5) is 25.1. The molecule has 3 aromatic rings. The molecule has 2 N–H and O–H groups in total. The van der Waals surface area contributed by atoms with Crippen molar-refractivity contribution in [3.05, 3.63) is 93.5 Å². The molecule has 3 aromatic carbocycles. The SMILES string of the molecule is COc1cc(CC(=O)c2cccc(-c3ccc(Cl)cc3)c2)c(C(=O)O)c(O)c1CC=C(C)C. The molecule has 0 saturated heterocycles. The van der Waals surface area contributed by atoms with Gasteiger partial charge in [0.15, 0.2) is 5.78 Å². The van der Waals surface area contributed by atoms with E-state index in [2.05, 4.69) is 0 Å². The maximum atomic E-state index is 13.1. The fourth-order valence-corrected chi connectivity index (χ4v) is 3.72. The van der Waals surface area contributed by atoms with E-state index in [1.165, 1.54) is 13.2 Å². The molecule has 0 radical (unpaired) electrons. The topological polar surface area (TPSA) is 83.8 Å². The first kappa shape index (κ1) is 24.1. The number of halogens is 1. The van der Waals surface area contributed by atoms with Crippen LogP contribution in [0.4, 0.5) is 0 Å². The van der Waals surface area contributed by atoms with Crippen LogP contribution in [0.25, 0.3) is 11.1 Å². The van der Waals surface area contributed by atoms with Gasteiger partial charge in [-0.2, -0.15) is 0 Å². The molecule has 0 aromatic heterocycles. The predicted octanol–water partition coefficient (Wildman–Crippen LogP) is 6.35. The highest BCUT2D eigenvalue weighted by atomic mass is 35.5. The fraction of sp³-hybridized carbons (Fsp3) is 0.185. The first-order valence-corrected chi connectivity index (χ1v) is 10.8. The summed E-state index contributed by atoms with van der Waals surface area (Å²) in [6.07, 6.45) is 1.99. The van der Waals surface area contributed by atoms with Gasteiger partial charge in [0.2, 0.25) is 0 Å². The maximum absolute atomic E-state index is 13.1. The molecular weight excluding hydrogens is 440 g/mol. The molecule has 170 valence electrons. The summed E-state index contributed by atoms with van der Waals surface area (Å²) in [5.41, 5.74) is 3.49. The van der Waals surface area contributed by atoms with Crippen LogP contribution in [-0.4, -0.2) is 29.1 Å². The molecule has 0 atom stereocenters. The van der Waals surface area contributed by atoms with Crippen molar-refractivity contribution in [1.82, 2.24) is 0 Å². The second kappa shape index (κ2) is 10.4. The molecule has 33 heavy (non-hydrogen) atoms. The molecular formula is C27H25ClO5. The van der Waals surface area contributed by atoms with E-state index in [-0.39, 0.29) is 29.1 Å². The van der Waals surface area contributed by atoms with Crippen LogP contribution in [0.15, 0.2) is 66.2 Å². The number of phenols is 1. The molecule has 0 aliphatic heterocycles. The Balaban J connectivity index is 1.99. The third kappa shape index (κ3) is 5.62. The van der Waals surface area contributed by atoms with Crippen molar-refractivity contribution in [2.75, 3.05) is 7.11 Å². The van der Waals surface area contributed by atoms with Crippen LogP contribution >= 0.6 is 11.6 Å². The molecule has 0 heterocycles. The monoisotopic (exact) mass is 464 g/mol. The highest BCUT2D eigenvalue weighted by Gasteiger charge is 2.24. The highest BCUT2D eigenvalue weighted by Crippen LogP contribution is 2.36. The summed E-state index contributed by atoms with van der Waals surface area (Å²) in [6, 6.07) is 15.9. The molecule has 5 nitrogen and oxygen atoms in total. The number of ketones is 1. The lowest BCUT2D eigenvalue weighted by Crippen LogP contribution is -2.11. The number of allylic oxidation sites excluding steroid dienone is 2. The molecule has 0 fully saturated rings. The zero-order chi connectivity index (χ0) is 24.1. The normalized spacial score (nSPS) is 10.5. The van der Waals surface area contributed by atoms with Crippen molar-refractivity contribution in [3.8, 4) is 22.6 Å². The third-order valence-electron chi connectivity index (χ3n) is 5.31. The minimum atomic E-state index is -1.30. The Kier molecular flexibility index (Phi) is 7.56. The fourth-order valence-electron chi connectivity index (χ4n) is 3.59. The molecule has 6 heteroatoms.